The van der Waals surface area contributed by atoms with Gasteiger partial charge in [0.05, 0.1) is 12.2 Å². The van der Waals surface area contributed by atoms with Gasteiger partial charge in [-0.3, -0.25) is 9.97 Å². The van der Waals surface area contributed by atoms with E-state index < -0.39 is 24.1 Å². The smallest absolute Gasteiger partial charge is 0.388 e. The Kier molecular flexibility index (Phi) is 5.56. The lowest BCUT2D eigenvalue weighted by atomic mass is 9.72. The molecule has 7 heteroatoms. The molecule has 5 rings (SSSR count). The average Bonchev–Trinajstić information content (AvgIpc) is 3.48. The van der Waals surface area contributed by atoms with Crippen molar-refractivity contribution in [1.29, 1.82) is 0 Å². The van der Waals surface area contributed by atoms with Crippen LogP contribution in [0.4, 0.5) is 13.2 Å². The van der Waals surface area contributed by atoms with Crippen LogP contribution >= 0.6 is 0 Å². The Labute approximate surface area is 192 Å². The van der Waals surface area contributed by atoms with Crippen LogP contribution in [0, 0.1) is 5.41 Å². The van der Waals surface area contributed by atoms with Crippen LogP contribution in [0.1, 0.15) is 122 Å². The molecule has 3 atom stereocenters. The van der Waals surface area contributed by atoms with Crippen molar-refractivity contribution >= 4 is 0 Å². The van der Waals surface area contributed by atoms with Crippen molar-refractivity contribution in [3.05, 3.63) is 57.7 Å². The van der Waals surface area contributed by atoms with Gasteiger partial charge in [0.15, 0.2) is 0 Å². The Balaban J connectivity index is 1.71. The van der Waals surface area contributed by atoms with Gasteiger partial charge in [0.25, 0.3) is 0 Å². The maximum absolute atomic E-state index is 13.1. The van der Waals surface area contributed by atoms with E-state index in [0.29, 0.717) is 18.4 Å². The fourth-order valence-corrected chi connectivity index (χ4v) is 5.96. The molecular weight excluding hydrogens is 429 g/mol. The summed E-state index contributed by atoms with van der Waals surface area (Å²) in [6, 6.07) is 2.55. The summed E-state index contributed by atoms with van der Waals surface area (Å²) in [5.41, 5.74) is 4.16. The van der Waals surface area contributed by atoms with Crippen molar-refractivity contribution in [2.75, 3.05) is 0 Å². The number of rotatable bonds is 2. The fraction of sp³-hybridized carbons (Fsp3) is 0.615. The van der Waals surface area contributed by atoms with Gasteiger partial charge in [-0.15, -0.1) is 0 Å². The van der Waals surface area contributed by atoms with E-state index in [9.17, 15) is 23.4 Å². The number of aliphatic hydroxyl groups is 2. The maximum atomic E-state index is 13.1. The zero-order valence-corrected chi connectivity index (χ0v) is 19.1. The highest BCUT2D eigenvalue weighted by Crippen LogP contribution is 2.59. The number of halogens is 3. The van der Waals surface area contributed by atoms with E-state index >= 15 is 0 Å². The number of alkyl halides is 3. The Hall–Kier alpha value is -1.99. The molecule has 2 aromatic rings. The van der Waals surface area contributed by atoms with Crippen LogP contribution in [0.2, 0.25) is 0 Å². The fourth-order valence-electron chi connectivity index (χ4n) is 5.96. The van der Waals surface area contributed by atoms with Gasteiger partial charge in [-0.05, 0) is 72.6 Å². The van der Waals surface area contributed by atoms with Gasteiger partial charge in [-0.1, -0.05) is 32.8 Å². The zero-order chi connectivity index (χ0) is 23.5. The molecule has 3 unspecified atom stereocenters. The summed E-state index contributed by atoms with van der Waals surface area (Å²) in [4.78, 5) is 8.80. The van der Waals surface area contributed by atoms with Crippen LogP contribution in [0.25, 0.3) is 0 Å². The molecule has 0 amide bonds. The molecule has 33 heavy (non-hydrogen) atoms. The van der Waals surface area contributed by atoms with E-state index in [4.69, 9.17) is 4.98 Å². The molecule has 4 nitrogen and oxygen atoms in total. The lowest BCUT2D eigenvalue weighted by Gasteiger charge is -2.37. The first-order chi connectivity index (χ1) is 15.6. The lowest BCUT2D eigenvalue weighted by Crippen LogP contribution is -2.28. The molecule has 1 saturated carbocycles. The van der Waals surface area contributed by atoms with E-state index in [0.717, 1.165) is 72.7 Å². The topological polar surface area (TPSA) is 66.2 Å². The molecule has 2 heterocycles. The summed E-state index contributed by atoms with van der Waals surface area (Å²) in [6.07, 6.45) is 2.18. The molecule has 178 valence electrons. The molecule has 0 bridgehead atoms. The summed E-state index contributed by atoms with van der Waals surface area (Å²) >= 11 is 0. The summed E-state index contributed by atoms with van der Waals surface area (Å²) in [7, 11) is 0. The second-order valence-corrected chi connectivity index (χ2v) is 10.6. The highest BCUT2D eigenvalue weighted by atomic mass is 19.4. The molecule has 0 radical (unpaired) electrons. The molecule has 0 saturated heterocycles. The van der Waals surface area contributed by atoms with E-state index in [2.05, 4.69) is 18.8 Å². The Morgan fingerprint density at radius 2 is 1.73 bits per heavy atom. The molecule has 0 aromatic carbocycles. The van der Waals surface area contributed by atoms with Crippen molar-refractivity contribution in [2.24, 2.45) is 5.41 Å². The van der Waals surface area contributed by atoms with Gasteiger partial charge in [0, 0.05) is 29.1 Å². The van der Waals surface area contributed by atoms with Crippen molar-refractivity contribution in [2.45, 2.75) is 95.4 Å². The van der Waals surface area contributed by atoms with Gasteiger partial charge in [-0.2, -0.15) is 13.2 Å². The van der Waals surface area contributed by atoms with Gasteiger partial charge in [-0.25, -0.2) is 0 Å². The third-order valence-corrected chi connectivity index (χ3v) is 7.81. The average molecular weight is 461 g/mol. The van der Waals surface area contributed by atoms with E-state index in [1.165, 1.54) is 12.3 Å². The molecule has 2 aromatic heterocycles. The van der Waals surface area contributed by atoms with E-state index in [1.807, 2.05) is 0 Å². The number of pyridine rings is 2. The predicted octanol–water partition coefficient (Wildman–Crippen LogP) is 6.12. The number of aliphatic hydroxyl groups excluding tert-OH is 2. The summed E-state index contributed by atoms with van der Waals surface area (Å²) in [5.74, 6) is -0.140. The van der Waals surface area contributed by atoms with Gasteiger partial charge in [0.1, 0.15) is 5.69 Å². The summed E-state index contributed by atoms with van der Waals surface area (Å²) in [6.45, 7) is 4.13. The van der Waals surface area contributed by atoms with E-state index in [1.54, 1.807) is 0 Å². The quantitative estimate of drug-likeness (QED) is 0.567. The number of nitrogens with zero attached hydrogens (tertiary/aromatic N) is 2. The van der Waals surface area contributed by atoms with Crippen molar-refractivity contribution in [3.8, 4) is 0 Å². The molecule has 3 aliphatic carbocycles. The first-order valence-electron chi connectivity index (χ1n) is 12.1. The lowest BCUT2D eigenvalue weighted by molar-refractivity contribution is -0.141. The zero-order valence-electron chi connectivity index (χ0n) is 19.1. The molecule has 3 aliphatic rings. The van der Waals surface area contributed by atoms with Crippen molar-refractivity contribution in [3.63, 3.8) is 0 Å². The normalized spacial score (nSPS) is 26.5. The van der Waals surface area contributed by atoms with Gasteiger partial charge < -0.3 is 10.2 Å². The predicted molar refractivity (Wildman–Crippen MR) is 118 cm³/mol. The Morgan fingerprint density at radius 3 is 2.33 bits per heavy atom. The highest BCUT2D eigenvalue weighted by Gasteiger charge is 2.50. The second kappa shape index (κ2) is 8.05. The first-order valence-corrected chi connectivity index (χ1v) is 12.1. The molecule has 0 aliphatic heterocycles. The molecular formula is C26H31F3N2O2. The van der Waals surface area contributed by atoms with Crippen LogP contribution < -0.4 is 0 Å². The summed E-state index contributed by atoms with van der Waals surface area (Å²) in [5, 5.41) is 22.5. The third kappa shape index (κ3) is 4.08. The SMILES string of the molecule is CC(C)c1nc2c(c3c1C(c1ccc(C(F)(F)F)nc1)CCCCC3O)C(O)CC1(CC1)C2. The monoisotopic (exact) mass is 460 g/mol. The van der Waals surface area contributed by atoms with E-state index in [-0.39, 0.29) is 17.3 Å². The second-order valence-electron chi connectivity index (χ2n) is 10.6. The maximum Gasteiger partial charge on any atom is 0.433 e. The van der Waals surface area contributed by atoms with Crippen LogP contribution in [0.15, 0.2) is 18.3 Å². The van der Waals surface area contributed by atoms with Crippen molar-refractivity contribution < 1.29 is 23.4 Å². The first kappa shape index (κ1) is 22.8. The van der Waals surface area contributed by atoms with Crippen LogP contribution in [0.5, 0.6) is 0 Å². The van der Waals surface area contributed by atoms with Crippen LogP contribution in [-0.4, -0.2) is 20.2 Å². The summed E-state index contributed by atoms with van der Waals surface area (Å²) < 4.78 is 39.3. The number of aromatic nitrogens is 2. The Morgan fingerprint density at radius 1 is 1.00 bits per heavy atom. The van der Waals surface area contributed by atoms with Gasteiger partial charge >= 0.3 is 6.18 Å². The molecule has 2 N–H and O–H groups in total. The third-order valence-electron chi connectivity index (χ3n) is 7.81. The minimum atomic E-state index is -4.49. The highest BCUT2D eigenvalue weighted by molar-refractivity contribution is 5.51. The molecule has 1 spiro atoms. The van der Waals surface area contributed by atoms with Gasteiger partial charge in [0.2, 0.25) is 0 Å². The Bertz CT molecular complexity index is 1040. The largest absolute Gasteiger partial charge is 0.433 e. The molecule has 1 fully saturated rings. The number of hydrogen-bond acceptors (Lipinski definition) is 4. The minimum absolute atomic E-state index is 0.0785. The standard InChI is InChI=1S/C26H31F3N2O2/c1-14(2)24-21-16(15-7-8-20(30-13-15)26(27,28)29)5-3-4-6-18(32)23(21)22-17(31-24)11-25(9-10-25)12-19(22)33/h7-8,13-14,16,18-19,32-33H,3-6,9-12H2,1-2H3. The number of hydrogen-bond donors (Lipinski definition) is 2. The number of fused-ring (bicyclic) bond motifs is 3. The van der Waals surface area contributed by atoms with Crippen molar-refractivity contribution in [1.82, 2.24) is 9.97 Å². The minimum Gasteiger partial charge on any atom is -0.388 e. The van der Waals surface area contributed by atoms with Crippen LogP contribution in [0.3, 0.4) is 0 Å². The van der Waals surface area contributed by atoms with Crippen LogP contribution in [-0.2, 0) is 12.6 Å².